The minimum Gasteiger partial charge on any atom is -0.352 e. The highest BCUT2D eigenvalue weighted by molar-refractivity contribution is 5.89. The molecule has 108 valence electrons. The Morgan fingerprint density at radius 1 is 1.50 bits per heavy atom. The monoisotopic (exact) mass is 279 g/mol. The Morgan fingerprint density at radius 2 is 2.25 bits per heavy atom. The van der Waals surface area contributed by atoms with E-state index in [2.05, 4.69) is 10.6 Å². The van der Waals surface area contributed by atoms with Gasteiger partial charge in [-0.1, -0.05) is 25.1 Å². The molecular formula is C14H18FN3O2. The maximum absolute atomic E-state index is 13.9. The average molecular weight is 279 g/mol. The number of hydrogen-bond acceptors (Lipinski definition) is 2. The lowest BCUT2D eigenvalue weighted by Crippen LogP contribution is -2.55. The highest BCUT2D eigenvalue weighted by atomic mass is 19.1. The second kappa shape index (κ2) is 6.36. The molecule has 1 atom stereocenters. The third-order valence-electron chi connectivity index (χ3n) is 3.20. The van der Waals surface area contributed by atoms with Crippen LogP contribution >= 0.6 is 0 Å². The van der Waals surface area contributed by atoms with Crippen LogP contribution in [-0.4, -0.2) is 36.5 Å². The first-order valence-electron chi connectivity index (χ1n) is 6.71. The van der Waals surface area contributed by atoms with Gasteiger partial charge in [-0.2, -0.15) is 0 Å². The van der Waals surface area contributed by atoms with Gasteiger partial charge in [-0.25, -0.2) is 9.18 Å². The fourth-order valence-corrected chi connectivity index (χ4v) is 2.23. The molecule has 1 aliphatic heterocycles. The largest absolute Gasteiger partial charge is 0.352 e. The van der Waals surface area contributed by atoms with Crippen LogP contribution in [0.4, 0.5) is 9.18 Å². The van der Waals surface area contributed by atoms with Gasteiger partial charge in [0, 0.05) is 25.2 Å². The van der Waals surface area contributed by atoms with E-state index in [0.717, 1.165) is 6.42 Å². The molecule has 0 bridgehead atoms. The van der Waals surface area contributed by atoms with Crippen molar-refractivity contribution in [2.75, 3.05) is 19.6 Å². The molecule has 1 unspecified atom stereocenters. The van der Waals surface area contributed by atoms with Crippen molar-refractivity contribution < 1.29 is 14.0 Å². The summed E-state index contributed by atoms with van der Waals surface area (Å²) < 4.78 is 13.9. The first kappa shape index (κ1) is 14.3. The van der Waals surface area contributed by atoms with Gasteiger partial charge in [0.15, 0.2) is 0 Å². The molecule has 0 aromatic heterocycles. The standard InChI is InChI=1S/C14H18FN3O2/c1-2-7-17-14(20)18-9-8-16-13(19)12(18)10-5-3-4-6-11(10)15/h3-6,12H,2,7-9H2,1H3,(H,16,19)(H,17,20). The van der Waals surface area contributed by atoms with Crippen molar-refractivity contribution in [1.82, 2.24) is 15.5 Å². The van der Waals surface area contributed by atoms with Gasteiger partial charge in [-0.15, -0.1) is 0 Å². The summed E-state index contributed by atoms with van der Waals surface area (Å²) in [6.45, 7) is 3.21. The van der Waals surface area contributed by atoms with Gasteiger partial charge in [0.25, 0.3) is 0 Å². The van der Waals surface area contributed by atoms with Crippen LogP contribution in [-0.2, 0) is 4.79 Å². The van der Waals surface area contributed by atoms with Crippen LogP contribution in [0.1, 0.15) is 24.9 Å². The molecule has 0 aliphatic carbocycles. The predicted molar refractivity (Wildman–Crippen MR) is 72.5 cm³/mol. The number of hydrogen-bond donors (Lipinski definition) is 2. The molecule has 1 aliphatic rings. The van der Waals surface area contributed by atoms with Crippen molar-refractivity contribution in [3.63, 3.8) is 0 Å². The number of carbonyl (C=O) groups excluding carboxylic acids is 2. The van der Waals surface area contributed by atoms with Crippen LogP contribution in [0.3, 0.4) is 0 Å². The smallest absolute Gasteiger partial charge is 0.318 e. The number of carbonyl (C=O) groups is 2. The Morgan fingerprint density at radius 3 is 2.95 bits per heavy atom. The third kappa shape index (κ3) is 2.89. The van der Waals surface area contributed by atoms with Crippen LogP contribution in [0.5, 0.6) is 0 Å². The summed E-state index contributed by atoms with van der Waals surface area (Å²) in [4.78, 5) is 25.5. The average Bonchev–Trinajstić information content (AvgIpc) is 2.45. The number of urea groups is 1. The van der Waals surface area contributed by atoms with E-state index in [1.807, 2.05) is 6.92 Å². The molecule has 1 heterocycles. The Bertz CT molecular complexity index is 507. The molecule has 3 amide bonds. The Hall–Kier alpha value is -2.11. The molecule has 0 saturated carbocycles. The SMILES string of the molecule is CCCNC(=O)N1CCNC(=O)C1c1ccccc1F. The molecule has 1 aromatic rings. The highest BCUT2D eigenvalue weighted by Gasteiger charge is 2.35. The lowest BCUT2D eigenvalue weighted by Gasteiger charge is -2.35. The number of nitrogens with one attached hydrogen (secondary N) is 2. The van der Waals surface area contributed by atoms with E-state index in [1.54, 1.807) is 12.1 Å². The van der Waals surface area contributed by atoms with E-state index < -0.39 is 11.9 Å². The quantitative estimate of drug-likeness (QED) is 0.879. The summed E-state index contributed by atoms with van der Waals surface area (Å²) in [7, 11) is 0. The summed E-state index contributed by atoms with van der Waals surface area (Å²) in [6.07, 6.45) is 0.802. The summed E-state index contributed by atoms with van der Waals surface area (Å²) in [6, 6.07) is 4.78. The fraction of sp³-hybridized carbons (Fsp3) is 0.429. The molecule has 0 radical (unpaired) electrons. The van der Waals surface area contributed by atoms with Crippen LogP contribution in [0, 0.1) is 5.82 Å². The van der Waals surface area contributed by atoms with Crippen LogP contribution < -0.4 is 10.6 Å². The fourth-order valence-electron chi connectivity index (χ4n) is 2.23. The molecule has 0 spiro atoms. The minimum absolute atomic E-state index is 0.219. The number of amides is 3. The van der Waals surface area contributed by atoms with Crippen molar-refractivity contribution in [3.05, 3.63) is 35.6 Å². The number of halogens is 1. The van der Waals surface area contributed by atoms with Crippen LogP contribution in [0.25, 0.3) is 0 Å². The van der Waals surface area contributed by atoms with E-state index in [0.29, 0.717) is 19.6 Å². The van der Waals surface area contributed by atoms with Gasteiger partial charge in [-0.3, -0.25) is 4.79 Å². The molecule has 2 rings (SSSR count). The minimum atomic E-state index is -0.915. The molecule has 1 aromatic carbocycles. The number of rotatable bonds is 3. The Kier molecular flexibility index (Phi) is 4.55. The van der Waals surface area contributed by atoms with E-state index in [9.17, 15) is 14.0 Å². The second-order valence-electron chi connectivity index (χ2n) is 4.64. The first-order valence-corrected chi connectivity index (χ1v) is 6.71. The van der Waals surface area contributed by atoms with E-state index in [4.69, 9.17) is 0 Å². The molecule has 1 fully saturated rings. The van der Waals surface area contributed by atoms with Crippen LogP contribution in [0.2, 0.25) is 0 Å². The van der Waals surface area contributed by atoms with E-state index in [1.165, 1.54) is 17.0 Å². The lowest BCUT2D eigenvalue weighted by atomic mass is 10.0. The lowest BCUT2D eigenvalue weighted by molar-refractivity contribution is -0.127. The Balaban J connectivity index is 2.27. The maximum atomic E-state index is 13.9. The zero-order valence-electron chi connectivity index (χ0n) is 11.4. The number of piperazine rings is 1. The van der Waals surface area contributed by atoms with E-state index in [-0.39, 0.29) is 17.5 Å². The first-order chi connectivity index (χ1) is 9.65. The number of benzene rings is 1. The third-order valence-corrected chi connectivity index (χ3v) is 3.20. The second-order valence-corrected chi connectivity index (χ2v) is 4.64. The van der Waals surface area contributed by atoms with E-state index >= 15 is 0 Å². The zero-order valence-corrected chi connectivity index (χ0v) is 11.4. The molecular weight excluding hydrogens is 261 g/mol. The van der Waals surface area contributed by atoms with Gasteiger partial charge < -0.3 is 15.5 Å². The predicted octanol–water partition coefficient (Wildman–Crippen LogP) is 1.42. The van der Waals surface area contributed by atoms with Crippen molar-refractivity contribution in [3.8, 4) is 0 Å². The summed E-state index contributed by atoms with van der Waals surface area (Å²) in [5.41, 5.74) is 0.219. The summed E-state index contributed by atoms with van der Waals surface area (Å²) in [5.74, 6) is -0.837. The summed E-state index contributed by atoms with van der Waals surface area (Å²) in [5, 5.41) is 5.40. The van der Waals surface area contributed by atoms with Gasteiger partial charge in [-0.05, 0) is 12.5 Å². The topological polar surface area (TPSA) is 61.4 Å². The molecule has 20 heavy (non-hydrogen) atoms. The molecule has 5 nitrogen and oxygen atoms in total. The molecule has 6 heteroatoms. The van der Waals surface area contributed by atoms with Crippen LogP contribution in [0.15, 0.2) is 24.3 Å². The highest BCUT2D eigenvalue weighted by Crippen LogP contribution is 2.25. The number of nitrogens with zero attached hydrogens (tertiary/aromatic N) is 1. The maximum Gasteiger partial charge on any atom is 0.318 e. The summed E-state index contributed by atoms with van der Waals surface area (Å²) >= 11 is 0. The van der Waals surface area contributed by atoms with Crippen molar-refractivity contribution >= 4 is 11.9 Å². The van der Waals surface area contributed by atoms with Crippen molar-refractivity contribution in [1.29, 1.82) is 0 Å². The van der Waals surface area contributed by atoms with Gasteiger partial charge in [0.1, 0.15) is 11.9 Å². The van der Waals surface area contributed by atoms with Crippen molar-refractivity contribution in [2.45, 2.75) is 19.4 Å². The molecule has 2 N–H and O–H groups in total. The van der Waals surface area contributed by atoms with Gasteiger partial charge in [0.2, 0.25) is 5.91 Å². The molecule has 1 saturated heterocycles. The normalized spacial score (nSPS) is 18.6. The van der Waals surface area contributed by atoms with Gasteiger partial charge in [0.05, 0.1) is 0 Å². The van der Waals surface area contributed by atoms with Gasteiger partial charge >= 0.3 is 6.03 Å². The Labute approximate surface area is 117 Å². The zero-order chi connectivity index (χ0) is 14.5. The van der Waals surface area contributed by atoms with Crippen molar-refractivity contribution in [2.24, 2.45) is 0 Å².